The lowest BCUT2D eigenvalue weighted by Gasteiger charge is -2.16. The zero-order valence-electron chi connectivity index (χ0n) is 16.5. The van der Waals surface area contributed by atoms with E-state index in [4.69, 9.17) is 14.6 Å². The van der Waals surface area contributed by atoms with Gasteiger partial charge < -0.3 is 14.8 Å². The first kappa shape index (κ1) is 24.2. The van der Waals surface area contributed by atoms with Crippen LogP contribution >= 0.6 is 12.4 Å². The Bertz CT molecular complexity index is 859. The van der Waals surface area contributed by atoms with Crippen LogP contribution in [0, 0.1) is 6.92 Å². The van der Waals surface area contributed by atoms with Crippen molar-refractivity contribution in [3.8, 4) is 11.5 Å². The molecule has 2 aromatic rings. The molecule has 0 aromatic heterocycles. The molecular weight excluding hydrogens is 400 g/mol. The fourth-order valence-corrected chi connectivity index (χ4v) is 3.65. The average Bonchev–Trinajstić information content (AvgIpc) is 2.61. The van der Waals surface area contributed by atoms with E-state index in [1.807, 2.05) is 44.2 Å². The summed E-state index contributed by atoms with van der Waals surface area (Å²) in [4.78, 5) is 0.183. The highest BCUT2D eigenvalue weighted by Gasteiger charge is 2.13. The van der Waals surface area contributed by atoms with Crippen LogP contribution in [0.4, 0.5) is 0 Å². The maximum atomic E-state index is 11.6. The highest BCUT2D eigenvalue weighted by atomic mass is 35.5. The Labute approximate surface area is 173 Å². The summed E-state index contributed by atoms with van der Waals surface area (Å²) >= 11 is 0. The van der Waals surface area contributed by atoms with Crippen molar-refractivity contribution in [1.29, 1.82) is 0 Å². The van der Waals surface area contributed by atoms with Gasteiger partial charge in [-0.05, 0) is 56.5 Å². The first-order valence-corrected chi connectivity index (χ1v) is 10.6. The van der Waals surface area contributed by atoms with Gasteiger partial charge in [-0.3, -0.25) is 0 Å². The highest BCUT2D eigenvalue weighted by Crippen LogP contribution is 2.26. The molecular formula is C20H29ClN2O4S. The Hall–Kier alpha value is -1.80. The largest absolute Gasteiger partial charge is 0.490 e. The van der Waals surface area contributed by atoms with Crippen LogP contribution in [0.25, 0.3) is 0 Å². The maximum absolute atomic E-state index is 11.6. The minimum absolute atomic E-state index is 0. The van der Waals surface area contributed by atoms with E-state index in [1.165, 1.54) is 0 Å². The predicted molar refractivity (Wildman–Crippen MR) is 114 cm³/mol. The number of nitrogens with two attached hydrogens (primary N) is 1. The van der Waals surface area contributed by atoms with Crippen molar-refractivity contribution in [1.82, 2.24) is 5.32 Å². The van der Waals surface area contributed by atoms with Crippen LogP contribution in [0.5, 0.6) is 11.5 Å². The zero-order chi connectivity index (χ0) is 19.9. The third kappa shape index (κ3) is 7.31. The Kier molecular flexibility index (Phi) is 9.75. The van der Waals surface area contributed by atoms with Gasteiger partial charge in [0.05, 0.1) is 11.5 Å². The molecule has 0 saturated heterocycles. The molecule has 0 saturated carbocycles. The van der Waals surface area contributed by atoms with Crippen LogP contribution in [0.15, 0.2) is 47.4 Å². The van der Waals surface area contributed by atoms with Crippen molar-refractivity contribution in [3.63, 3.8) is 0 Å². The highest BCUT2D eigenvalue weighted by molar-refractivity contribution is 7.89. The van der Waals surface area contributed by atoms with E-state index >= 15 is 0 Å². The van der Waals surface area contributed by atoms with Gasteiger partial charge in [0.2, 0.25) is 10.0 Å². The smallest absolute Gasteiger partial charge is 0.238 e. The van der Waals surface area contributed by atoms with E-state index in [1.54, 1.807) is 19.1 Å². The molecule has 1 atom stereocenters. The summed E-state index contributed by atoms with van der Waals surface area (Å²) in [6.07, 6.45) is 0.693. The summed E-state index contributed by atoms with van der Waals surface area (Å²) in [6, 6.07) is 13.1. The summed E-state index contributed by atoms with van der Waals surface area (Å²) in [6.45, 7) is 7.48. The molecule has 0 bridgehead atoms. The Morgan fingerprint density at radius 2 is 1.75 bits per heavy atom. The Morgan fingerprint density at radius 1 is 1.11 bits per heavy atom. The summed E-state index contributed by atoms with van der Waals surface area (Å²) < 4.78 is 34.6. The van der Waals surface area contributed by atoms with E-state index in [2.05, 4.69) is 5.32 Å². The third-order valence-electron chi connectivity index (χ3n) is 4.10. The number of sulfonamides is 1. The predicted octanol–water partition coefficient (Wildman–Crippen LogP) is 3.06. The second-order valence-electron chi connectivity index (χ2n) is 6.43. The van der Waals surface area contributed by atoms with E-state index in [0.717, 1.165) is 17.1 Å². The lowest BCUT2D eigenvalue weighted by molar-refractivity contribution is 0.272. The van der Waals surface area contributed by atoms with Gasteiger partial charge >= 0.3 is 0 Å². The number of rotatable bonds is 10. The normalized spacial score (nSPS) is 12.1. The van der Waals surface area contributed by atoms with Crippen molar-refractivity contribution >= 4 is 22.4 Å². The standard InChI is InChI=1S/C20H28N2O4S.ClH/c1-4-25-18-7-5-6-8-19(18)26-12-11-22-16(3)13-17-10-9-15(2)20(14-17)27(21,23)24;/h5-10,14,16,22H,4,11-13H2,1-3H3,(H2,21,23,24);1H/t16-;/m1./s1. The number of halogens is 1. The quantitative estimate of drug-likeness (QED) is 0.567. The molecule has 0 aliphatic rings. The Balaban J connectivity index is 0.00000392. The monoisotopic (exact) mass is 428 g/mol. The summed E-state index contributed by atoms with van der Waals surface area (Å²) in [5.74, 6) is 1.47. The van der Waals surface area contributed by atoms with Crippen molar-refractivity contribution < 1.29 is 17.9 Å². The third-order valence-corrected chi connectivity index (χ3v) is 5.16. The number of aryl methyl sites for hydroxylation is 1. The van der Waals surface area contributed by atoms with Crippen molar-refractivity contribution in [2.45, 2.75) is 38.1 Å². The number of hydrogen-bond acceptors (Lipinski definition) is 5. The van der Waals surface area contributed by atoms with Crippen LogP contribution in [-0.2, 0) is 16.4 Å². The van der Waals surface area contributed by atoms with E-state index < -0.39 is 10.0 Å². The van der Waals surface area contributed by atoms with Gasteiger partial charge in [0, 0.05) is 12.6 Å². The van der Waals surface area contributed by atoms with Crippen LogP contribution < -0.4 is 19.9 Å². The topological polar surface area (TPSA) is 90.7 Å². The molecule has 0 aliphatic heterocycles. The summed E-state index contributed by atoms with van der Waals surface area (Å²) in [5, 5.41) is 8.65. The van der Waals surface area contributed by atoms with Crippen LogP contribution in [0.1, 0.15) is 25.0 Å². The molecule has 2 rings (SSSR count). The van der Waals surface area contributed by atoms with E-state index in [0.29, 0.717) is 31.7 Å². The number of primary sulfonamides is 1. The number of hydrogen-bond donors (Lipinski definition) is 2. The van der Waals surface area contributed by atoms with Gasteiger partial charge in [0.1, 0.15) is 6.61 Å². The van der Waals surface area contributed by atoms with Crippen molar-refractivity contribution in [2.75, 3.05) is 19.8 Å². The molecule has 0 amide bonds. The molecule has 0 heterocycles. The second kappa shape index (κ2) is 11.3. The van der Waals surface area contributed by atoms with Gasteiger partial charge in [-0.15, -0.1) is 12.4 Å². The van der Waals surface area contributed by atoms with Gasteiger partial charge in [0.25, 0.3) is 0 Å². The van der Waals surface area contributed by atoms with Gasteiger partial charge in [-0.2, -0.15) is 0 Å². The molecule has 2 aromatic carbocycles. The van der Waals surface area contributed by atoms with E-state index in [9.17, 15) is 8.42 Å². The second-order valence-corrected chi connectivity index (χ2v) is 7.96. The molecule has 0 aliphatic carbocycles. The van der Waals surface area contributed by atoms with Crippen LogP contribution in [-0.4, -0.2) is 34.2 Å². The minimum atomic E-state index is -3.70. The van der Waals surface area contributed by atoms with Crippen LogP contribution in [0.3, 0.4) is 0 Å². The first-order chi connectivity index (χ1) is 12.8. The van der Waals surface area contributed by atoms with Gasteiger partial charge in [0.15, 0.2) is 11.5 Å². The number of benzene rings is 2. The summed E-state index contributed by atoms with van der Waals surface area (Å²) in [7, 11) is -3.70. The van der Waals surface area contributed by atoms with Gasteiger partial charge in [-0.1, -0.05) is 24.3 Å². The molecule has 0 radical (unpaired) electrons. The number of para-hydroxylation sites is 2. The fourth-order valence-electron chi connectivity index (χ4n) is 2.81. The minimum Gasteiger partial charge on any atom is -0.490 e. The first-order valence-electron chi connectivity index (χ1n) is 9.01. The van der Waals surface area contributed by atoms with Crippen LogP contribution in [0.2, 0.25) is 0 Å². The molecule has 0 spiro atoms. The van der Waals surface area contributed by atoms with Gasteiger partial charge in [-0.25, -0.2) is 13.6 Å². The number of nitrogens with one attached hydrogen (secondary N) is 1. The fraction of sp³-hybridized carbons (Fsp3) is 0.400. The molecule has 6 nitrogen and oxygen atoms in total. The SMILES string of the molecule is CCOc1ccccc1OCCN[C@H](C)Cc1ccc(C)c(S(N)(=O)=O)c1.Cl. The lowest BCUT2D eigenvalue weighted by atomic mass is 10.1. The molecule has 3 N–H and O–H groups in total. The molecule has 0 unspecified atom stereocenters. The van der Waals surface area contributed by atoms with Crippen molar-refractivity contribution in [2.24, 2.45) is 5.14 Å². The zero-order valence-corrected chi connectivity index (χ0v) is 18.1. The van der Waals surface area contributed by atoms with Crippen molar-refractivity contribution in [3.05, 3.63) is 53.6 Å². The molecule has 8 heteroatoms. The maximum Gasteiger partial charge on any atom is 0.238 e. The Morgan fingerprint density at radius 3 is 2.36 bits per heavy atom. The average molecular weight is 429 g/mol. The molecule has 156 valence electrons. The summed E-state index contributed by atoms with van der Waals surface area (Å²) in [5.41, 5.74) is 1.58. The molecule has 0 fully saturated rings. The molecule has 28 heavy (non-hydrogen) atoms. The van der Waals surface area contributed by atoms with E-state index in [-0.39, 0.29) is 23.3 Å². The lowest BCUT2D eigenvalue weighted by Crippen LogP contribution is -2.32. The number of ether oxygens (including phenoxy) is 2.